The molecule has 2 aromatic rings. The van der Waals surface area contributed by atoms with Gasteiger partial charge in [-0.15, -0.1) is 0 Å². The lowest BCUT2D eigenvalue weighted by atomic mass is 10.0. The van der Waals surface area contributed by atoms with Crippen LogP contribution in [0, 0.1) is 21.4 Å². The highest BCUT2D eigenvalue weighted by Crippen LogP contribution is 2.24. The van der Waals surface area contributed by atoms with Crippen LogP contribution in [0.5, 0.6) is 5.75 Å². The maximum atomic E-state index is 12.5. The van der Waals surface area contributed by atoms with E-state index < -0.39 is 10.8 Å². The Hall–Kier alpha value is -3.66. The molecule has 138 valence electrons. The van der Waals surface area contributed by atoms with Crippen molar-refractivity contribution in [1.29, 1.82) is 5.26 Å². The van der Waals surface area contributed by atoms with E-state index in [1.807, 2.05) is 43.3 Å². The quantitative estimate of drug-likeness (QED) is 0.334. The molecule has 0 aliphatic rings. The van der Waals surface area contributed by atoms with E-state index in [-0.39, 0.29) is 28.6 Å². The van der Waals surface area contributed by atoms with Crippen molar-refractivity contribution in [2.45, 2.75) is 25.8 Å². The number of benzene rings is 2. The largest absolute Gasteiger partial charge is 0.508 e. The molecule has 0 saturated heterocycles. The van der Waals surface area contributed by atoms with Crippen LogP contribution in [0.2, 0.25) is 0 Å². The first-order valence-corrected chi connectivity index (χ1v) is 8.40. The number of phenolic OH excluding ortho intramolecular Hbond substituents is 1. The molecule has 2 N–H and O–H groups in total. The summed E-state index contributed by atoms with van der Waals surface area (Å²) in [6.45, 7) is 2.00. The van der Waals surface area contributed by atoms with E-state index in [0.717, 1.165) is 18.1 Å². The van der Waals surface area contributed by atoms with Crippen molar-refractivity contribution in [3.8, 4) is 11.8 Å². The van der Waals surface area contributed by atoms with Crippen LogP contribution in [-0.2, 0) is 4.79 Å². The number of carbonyl (C=O) groups is 1. The highest BCUT2D eigenvalue weighted by atomic mass is 16.6. The van der Waals surface area contributed by atoms with Crippen LogP contribution in [0.3, 0.4) is 0 Å². The molecule has 0 heterocycles. The number of nitro groups is 1. The molecule has 27 heavy (non-hydrogen) atoms. The fourth-order valence-corrected chi connectivity index (χ4v) is 2.65. The molecule has 2 rings (SSSR count). The number of rotatable bonds is 7. The minimum atomic E-state index is -0.657. The van der Waals surface area contributed by atoms with E-state index >= 15 is 0 Å². The van der Waals surface area contributed by atoms with Crippen LogP contribution < -0.4 is 5.32 Å². The van der Waals surface area contributed by atoms with Gasteiger partial charge in [0.15, 0.2) is 0 Å². The number of hydrogen-bond acceptors (Lipinski definition) is 5. The smallest absolute Gasteiger partial charge is 0.273 e. The number of non-ortho nitro benzene ring substituents is 1. The molecular weight excluding hydrogens is 346 g/mol. The molecule has 7 nitrogen and oxygen atoms in total. The first-order valence-electron chi connectivity index (χ1n) is 8.40. The molecule has 1 amide bonds. The summed E-state index contributed by atoms with van der Waals surface area (Å²) in [6.07, 6.45) is 2.76. The predicted molar refractivity (Wildman–Crippen MR) is 101 cm³/mol. The third-order valence-electron chi connectivity index (χ3n) is 3.90. The Labute approximate surface area is 156 Å². The van der Waals surface area contributed by atoms with Gasteiger partial charge in [-0.05, 0) is 29.7 Å². The summed E-state index contributed by atoms with van der Waals surface area (Å²) in [6, 6.07) is 14.4. The van der Waals surface area contributed by atoms with Crippen LogP contribution in [0.15, 0.2) is 54.1 Å². The van der Waals surface area contributed by atoms with Crippen molar-refractivity contribution < 1.29 is 14.8 Å². The molecule has 0 bridgehead atoms. The van der Waals surface area contributed by atoms with E-state index in [2.05, 4.69) is 5.32 Å². The minimum absolute atomic E-state index is 0.195. The second-order valence-corrected chi connectivity index (χ2v) is 5.94. The Kier molecular flexibility index (Phi) is 6.67. The number of carbonyl (C=O) groups excluding carboxylic acids is 1. The van der Waals surface area contributed by atoms with Crippen molar-refractivity contribution in [3.63, 3.8) is 0 Å². The van der Waals surface area contributed by atoms with Gasteiger partial charge in [-0.2, -0.15) is 5.26 Å². The summed E-state index contributed by atoms with van der Waals surface area (Å²) < 4.78 is 0. The van der Waals surface area contributed by atoms with E-state index in [4.69, 9.17) is 0 Å². The second-order valence-electron chi connectivity index (χ2n) is 5.94. The SMILES string of the molecule is CCCC(NC(=O)/C(C#N)=C/c1cc(O)cc([N+](=O)[O-])c1)c1ccccc1. The zero-order chi connectivity index (χ0) is 19.8. The first-order chi connectivity index (χ1) is 12.9. The third-order valence-corrected chi connectivity index (χ3v) is 3.90. The summed E-state index contributed by atoms with van der Waals surface area (Å²) in [7, 11) is 0. The van der Waals surface area contributed by atoms with Crippen LogP contribution in [0.25, 0.3) is 6.08 Å². The zero-order valence-corrected chi connectivity index (χ0v) is 14.8. The van der Waals surface area contributed by atoms with Gasteiger partial charge >= 0.3 is 0 Å². The molecule has 0 fully saturated rings. The lowest BCUT2D eigenvalue weighted by Gasteiger charge is -2.18. The van der Waals surface area contributed by atoms with Gasteiger partial charge in [0.2, 0.25) is 0 Å². The third kappa shape index (κ3) is 5.41. The normalized spacial score (nSPS) is 12.1. The van der Waals surface area contributed by atoms with Gasteiger partial charge in [0.25, 0.3) is 11.6 Å². The standard InChI is InChI=1S/C20H19N3O4/c1-2-6-19(15-7-4-3-5-8-15)22-20(25)16(13-21)9-14-10-17(23(26)27)12-18(24)11-14/h3-5,7-12,19,24H,2,6H2,1H3,(H,22,25)/b16-9+. The Morgan fingerprint density at radius 1 is 1.33 bits per heavy atom. The number of hydrogen-bond donors (Lipinski definition) is 2. The van der Waals surface area contributed by atoms with E-state index in [1.165, 1.54) is 18.2 Å². The van der Waals surface area contributed by atoms with Crippen molar-refractivity contribution in [2.75, 3.05) is 0 Å². The molecule has 0 saturated carbocycles. The second kappa shape index (κ2) is 9.15. The van der Waals surface area contributed by atoms with Gasteiger partial charge in [0, 0.05) is 6.07 Å². The topological polar surface area (TPSA) is 116 Å². The molecule has 0 spiro atoms. The van der Waals surface area contributed by atoms with Gasteiger partial charge in [-0.1, -0.05) is 43.7 Å². The number of nitrogens with zero attached hydrogens (tertiary/aromatic N) is 2. The lowest BCUT2D eigenvalue weighted by Crippen LogP contribution is -2.29. The summed E-state index contributed by atoms with van der Waals surface area (Å²) in [4.78, 5) is 22.8. The van der Waals surface area contributed by atoms with Gasteiger partial charge < -0.3 is 10.4 Å². The van der Waals surface area contributed by atoms with Crippen LogP contribution in [0.1, 0.15) is 36.9 Å². The summed E-state index contributed by atoms with van der Waals surface area (Å²) in [5, 5.41) is 32.7. The van der Waals surface area contributed by atoms with Crippen molar-refractivity contribution in [1.82, 2.24) is 5.32 Å². The van der Waals surface area contributed by atoms with E-state index in [1.54, 1.807) is 0 Å². The molecule has 2 aromatic carbocycles. The average Bonchev–Trinajstić information content (AvgIpc) is 2.65. The minimum Gasteiger partial charge on any atom is -0.508 e. The highest BCUT2D eigenvalue weighted by Gasteiger charge is 2.17. The maximum absolute atomic E-state index is 12.5. The number of nitro benzene ring substituents is 1. The number of amides is 1. The Morgan fingerprint density at radius 3 is 2.63 bits per heavy atom. The van der Waals surface area contributed by atoms with E-state index in [9.17, 15) is 25.3 Å². The van der Waals surface area contributed by atoms with Crippen LogP contribution in [-0.4, -0.2) is 15.9 Å². The fraction of sp³-hybridized carbons (Fsp3) is 0.200. The summed E-state index contributed by atoms with van der Waals surface area (Å²) in [5.74, 6) is -0.896. The van der Waals surface area contributed by atoms with Crippen LogP contribution in [0.4, 0.5) is 5.69 Å². The number of nitrogens with one attached hydrogen (secondary N) is 1. The Bertz CT molecular complexity index is 901. The Morgan fingerprint density at radius 2 is 2.04 bits per heavy atom. The van der Waals surface area contributed by atoms with Gasteiger partial charge in [-0.25, -0.2) is 0 Å². The fourth-order valence-electron chi connectivity index (χ4n) is 2.65. The number of aromatic hydroxyl groups is 1. The highest BCUT2D eigenvalue weighted by molar-refractivity contribution is 6.02. The molecule has 0 aliphatic carbocycles. The molecule has 0 aliphatic heterocycles. The molecule has 1 atom stereocenters. The van der Waals surface area contributed by atoms with Gasteiger partial charge in [0.1, 0.15) is 17.4 Å². The number of nitriles is 1. The predicted octanol–water partition coefficient (Wildman–Crippen LogP) is 3.86. The van der Waals surface area contributed by atoms with Crippen molar-refractivity contribution in [3.05, 3.63) is 75.3 Å². The molecular formula is C20H19N3O4. The van der Waals surface area contributed by atoms with Crippen molar-refractivity contribution >= 4 is 17.7 Å². The first kappa shape index (κ1) is 19.7. The maximum Gasteiger partial charge on any atom is 0.273 e. The zero-order valence-electron chi connectivity index (χ0n) is 14.8. The molecule has 0 radical (unpaired) electrons. The summed E-state index contributed by atoms with van der Waals surface area (Å²) in [5.41, 5.74) is 0.595. The average molecular weight is 365 g/mol. The molecule has 0 aromatic heterocycles. The molecule has 7 heteroatoms. The lowest BCUT2D eigenvalue weighted by molar-refractivity contribution is -0.384. The van der Waals surface area contributed by atoms with Crippen molar-refractivity contribution in [2.24, 2.45) is 0 Å². The summed E-state index contributed by atoms with van der Waals surface area (Å²) >= 11 is 0. The van der Waals surface area contributed by atoms with E-state index in [0.29, 0.717) is 6.42 Å². The molecule has 1 unspecified atom stereocenters. The van der Waals surface area contributed by atoms with Gasteiger partial charge in [0.05, 0.1) is 17.0 Å². The Balaban J connectivity index is 2.28. The monoisotopic (exact) mass is 365 g/mol. The number of phenols is 1. The van der Waals surface area contributed by atoms with Gasteiger partial charge in [-0.3, -0.25) is 14.9 Å². The van der Waals surface area contributed by atoms with Crippen LogP contribution >= 0.6 is 0 Å².